The number of carbonyl (C=O) groups excluding carboxylic acids is 1. The Balaban J connectivity index is 2.02. The van der Waals surface area contributed by atoms with E-state index in [0.29, 0.717) is 15.8 Å². The van der Waals surface area contributed by atoms with Crippen LogP contribution in [-0.4, -0.2) is 12.5 Å². The predicted octanol–water partition coefficient (Wildman–Crippen LogP) is 5.20. The van der Waals surface area contributed by atoms with E-state index in [1.165, 1.54) is 0 Å². The molecule has 0 fully saturated rings. The maximum atomic E-state index is 12.1. The van der Waals surface area contributed by atoms with Crippen LogP contribution in [0.1, 0.15) is 11.1 Å². The lowest BCUT2D eigenvalue weighted by molar-refractivity contribution is -0.118. The van der Waals surface area contributed by atoms with Crippen molar-refractivity contribution in [1.29, 1.82) is 5.26 Å². The highest BCUT2D eigenvalue weighted by molar-refractivity contribution is 8.03. The zero-order valence-electron chi connectivity index (χ0n) is 13.0. The van der Waals surface area contributed by atoms with Crippen molar-refractivity contribution < 1.29 is 9.53 Å². The molecule has 1 N–H and O–H groups in total. The highest BCUT2D eigenvalue weighted by Crippen LogP contribution is 2.28. The summed E-state index contributed by atoms with van der Waals surface area (Å²) in [5.41, 5.74) is 2.49. The number of carbonyl (C=O) groups is 1. The van der Waals surface area contributed by atoms with Crippen molar-refractivity contribution in [3.63, 3.8) is 0 Å². The summed E-state index contributed by atoms with van der Waals surface area (Å²) >= 11 is 12.8. The molecule has 7 heteroatoms. The summed E-state index contributed by atoms with van der Waals surface area (Å²) in [5, 5.41) is 14.4. The SMILES string of the molecule is Cc1cc(SC#N)cc(C)c1NC(=O)COc1ccc(Cl)c(Cl)c1. The quantitative estimate of drug-likeness (QED) is 0.571. The maximum Gasteiger partial charge on any atom is 0.262 e. The van der Waals surface area contributed by atoms with E-state index in [9.17, 15) is 4.79 Å². The Morgan fingerprint density at radius 1 is 1.21 bits per heavy atom. The molecule has 0 saturated carbocycles. The van der Waals surface area contributed by atoms with Crippen LogP contribution in [0.25, 0.3) is 0 Å². The lowest BCUT2D eigenvalue weighted by Gasteiger charge is -2.13. The zero-order chi connectivity index (χ0) is 17.7. The first-order valence-electron chi connectivity index (χ1n) is 6.95. The van der Waals surface area contributed by atoms with Crippen LogP contribution in [0.15, 0.2) is 35.2 Å². The number of hydrogen-bond donors (Lipinski definition) is 1. The number of benzene rings is 2. The number of thiocyanates is 1. The Morgan fingerprint density at radius 2 is 1.88 bits per heavy atom. The van der Waals surface area contributed by atoms with E-state index in [1.54, 1.807) is 18.2 Å². The second kappa shape index (κ2) is 8.29. The Bertz CT molecular complexity index is 796. The largest absolute Gasteiger partial charge is 0.484 e. The van der Waals surface area contributed by atoms with Crippen LogP contribution in [0.4, 0.5) is 5.69 Å². The van der Waals surface area contributed by atoms with Crippen molar-refractivity contribution in [1.82, 2.24) is 0 Å². The number of hydrogen-bond acceptors (Lipinski definition) is 4. The molecule has 2 aromatic carbocycles. The molecule has 0 aliphatic rings. The molecule has 0 bridgehead atoms. The Labute approximate surface area is 154 Å². The summed E-state index contributed by atoms with van der Waals surface area (Å²) in [6.07, 6.45) is 0. The van der Waals surface area contributed by atoms with E-state index in [0.717, 1.165) is 33.5 Å². The molecular weight excluding hydrogens is 367 g/mol. The van der Waals surface area contributed by atoms with Crippen LogP contribution in [0, 0.1) is 24.5 Å². The first kappa shape index (κ1) is 18.5. The lowest BCUT2D eigenvalue weighted by atomic mass is 10.1. The fraction of sp³-hybridized carbons (Fsp3) is 0.176. The smallest absolute Gasteiger partial charge is 0.262 e. The van der Waals surface area contributed by atoms with Gasteiger partial charge in [-0.05, 0) is 61.0 Å². The third-order valence-electron chi connectivity index (χ3n) is 3.20. The third kappa shape index (κ3) is 4.81. The van der Waals surface area contributed by atoms with Crippen molar-refractivity contribution in [2.45, 2.75) is 18.7 Å². The number of nitriles is 1. The van der Waals surface area contributed by atoms with Gasteiger partial charge in [-0.15, -0.1) is 0 Å². The molecular formula is C17H14Cl2N2O2S. The Hall–Kier alpha value is -1.87. The topological polar surface area (TPSA) is 62.1 Å². The summed E-state index contributed by atoms with van der Waals surface area (Å²) in [7, 11) is 0. The number of aryl methyl sites for hydroxylation is 2. The minimum Gasteiger partial charge on any atom is -0.484 e. The highest BCUT2D eigenvalue weighted by atomic mass is 35.5. The summed E-state index contributed by atoms with van der Waals surface area (Å²) in [5.74, 6) is 0.182. The van der Waals surface area contributed by atoms with E-state index in [2.05, 4.69) is 5.32 Å². The number of anilines is 1. The zero-order valence-corrected chi connectivity index (χ0v) is 15.4. The van der Waals surface area contributed by atoms with E-state index in [-0.39, 0.29) is 12.5 Å². The molecule has 1 amide bonds. The third-order valence-corrected chi connectivity index (χ3v) is 4.50. The minimum atomic E-state index is -0.284. The predicted molar refractivity (Wildman–Crippen MR) is 98.0 cm³/mol. The molecule has 4 nitrogen and oxygen atoms in total. The van der Waals surface area contributed by atoms with Gasteiger partial charge in [-0.25, -0.2) is 0 Å². The molecule has 0 aromatic heterocycles. The standard InChI is InChI=1S/C17H14Cl2N2O2S/c1-10-5-13(24-9-20)6-11(2)17(10)21-16(22)8-23-12-3-4-14(18)15(19)7-12/h3-7H,8H2,1-2H3,(H,21,22). The fourth-order valence-electron chi connectivity index (χ4n) is 2.12. The number of amides is 1. The fourth-order valence-corrected chi connectivity index (χ4v) is 2.99. The average molecular weight is 381 g/mol. The van der Waals surface area contributed by atoms with Crippen molar-refractivity contribution in [2.75, 3.05) is 11.9 Å². The van der Waals surface area contributed by atoms with Gasteiger partial charge >= 0.3 is 0 Å². The van der Waals surface area contributed by atoms with Crippen molar-refractivity contribution in [2.24, 2.45) is 0 Å². The van der Waals surface area contributed by atoms with Crippen molar-refractivity contribution in [3.8, 4) is 11.2 Å². The van der Waals surface area contributed by atoms with Gasteiger partial charge in [0, 0.05) is 16.6 Å². The number of thioether (sulfide) groups is 1. The number of nitrogens with zero attached hydrogens (tertiary/aromatic N) is 1. The van der Waals surface area contributed by atoms with Gasteiger partial charge in [-0.1, -0.05) is 23.2 Å². The molecule has 0 spiro atoms. The van der Waals surface area contributed by atoms with Gasteiger partial charge in [0.25, 0.3) is 5.91 Å². The molecule has 2 rings (SSSR count). The molecule has 0 aliphatic carbocycles. The van der Waals surface area contributed by atoms with Crippen LogP contribution in [0.2, 0.25) is 10.0 Å². The monoisotopic (exact) mass is 380 g/mol. The molecule has 0 heterocycles. The lowest BCUT2D eigenvalue weighted by Crippen LogP contribution is -2.21. The Morgan fingerprint density at radius 3 is 2.46 bits per heavy atom. The van der Waals surface area contributed by atoms with Crippen molar-refractivity contribution >= 4 is 46.6 Å². The van der Waals surface area contributed by atoms with E-state index in [1.807, 2.05) is 31.4 Å². The summed E-state index contributed by atoms with van der Waals surface area (Å²) in [6, 6.07) is 8.52. The molecule has 0 aliphatic heterocycles. The molecule has 124 valence electrons. The number of halogens is 2. The summed E-state index contributed by atoms with van der Waals surface area (Å²) < 4.78 is 5.42. The molecule has 0 unspecified atom stereocenters. The molecule has 0 radical (unpaired) electrons. The second-order valence-electron chi connectivity index (χ2n) is 5.04. The minimum absolute atomic E-state index is 0.147. The van der Waals surface area contributed by atoms with Gasteiger partial charge in [0.15, 0.2) is 6.61 Å². The van der Waals surface area contributed by atoms with Gasteiger partial charge in [-0.2, -0.15) is 5.26 Å². The van der Waals surface area contributed by atoms with E-state index >= 15 is 0 Å². The van der Waals surface area contributed by atoms with Gasteiger partial charge in [-0.3, -0.25) is 4.79 Å². The Kier molecular flexibility index (Phi) is 6.38. The maximum absolute atomic E-state index is 12.1. The van der Waals surface area contributed by atoms with Gasteiger partial charge in [0.1, 0.15) is 11.2 Å². The van der Waals surface area contributed by atoms with Gasteiger partial charge in [0.2, 0.25) is 0 Å². The first-order valence-corrected chi connectivity index (χ1v) is 8.53. The van der Waals surface area contributed by atoms with Crippen molar-refractivity contribution in [3.05, 3.63) is 51.5 Å². The summed E-state index contributed by atoms with van der Waals surface area (Å²) in [4.78, 5) is 12.9. The highest BCUT2D eigenvalue weighted by Gasteiger charge is 2.10. The van der Waals surface area contributed by atoms with Crippen LogP contribution < -0.4 is 10.1 Å². The van der Waals surface area contributed by atoms with Crippen LogP contribution in [-0.2, 0) is 4.79 Å². The van der Waals surface area contributed by atoms with Crippen LogP contribution in [0.5, 0.6) is 5.75 Å². The molecule has 2 aromatic rings. The van der Waals surface area contributed by atoms with Crippen LogP contribution >= 0.6 is 35.0 Å². The normalized spacial score (nSPS) is 10.1. The number of nitrogens with one attached hydrogen (secondary N) is 1. The summed E-state index contributed by atoms with van der Waals surface area (Å²) in [6.45, 7) is 3.61. The molecule has 0 atom stereocenters. The average Bonchev–Trinajstić information content (AvgIpc) is 2.52. The second-order valence-corrected chi connectivity index (χ2v) is 6.71. The van der Waals surface area contributed by atoms with Gasteiger partial charge < -0.3 is 10.1 Å². The first-order chi connectivity index (χ1) is 11.4. The number of ether oxygens (including phenoxy) is 1. The van der Waals surface area contributed by atoms with Gasteiger partial charge in [0.05, 0.1) is 10.0 Å². The van der Waals surface area contributed by atoms with E-state index < -0.39 is 0 Å². The van der Waals surface area contributed by atoms with Crippen LogP contribution in [0.3, 0.4) is 0 Å². The molecule has 24 heavy (non-hydrogen) atoms. The molecule has 0 saturated heterocycles. The number of rotatable bonds is 5. The van der Waals surface area contributed by atoms with E-state index in [4.69, 9.17) is 33.2 Å².